The highest BCUT2D eigenvalue weighted by molar-refractivity contribution is 6.09. The number of anilines is 2. The van der Waals surface area contributed by atoms with E-state index < -0.39 is 23.6 Å². The van der Waals surface area contributed by atoms with Gasteiger partial charge in [0.25, 0.3) is 11.8 Å². The molecule has 0 fully saturated rings. The van der Waals surface area contributed by atoms with Crippen molar-refractivity contribution in [2.75, 3.05) is 10.6 Å². The molecule has 42 heavy (non-hydrogen) atoms. The molecule has 0 aliphatic carbocycles. The predicted octanol–water partition coefficient (Wildman–Crippen LogP) is 7.89. The van der Waals surface area contributed by atoms with Crippen LogP contribution < -0.4 is 10.6 Å². The van der Waals surface area contributed by atoms with Crippen LogP contribution in [-0.2, 0) is 13.2 Å². The van der Waals surface area contributed by atoms with Crippen LogP contribution in [0.15, 0.2) is 97.1 Å². The van der Waals surface area contributed by atoms with E-state index >= 15 is 0 Å². The van der Waals surface area contributed by atoms with Crippen LogP contribution in [0.3, 0.4) is 0 Å². The molecule has 0 atom stereocenters. The zero-order valence-electron chi connectivity index (χ0n) is 23.1. The van der Waals surface area contributed by atoms with Gasteiger partial charge in [-0.3, -0.25) is 9.59 Å². The molecule has 0 bridgehead atoms. The van der Waals surface area contributed by atoms with Crippen LogP contribution in [0.1, 0.15) is 37.8 Å². The van der Waals surface area contributed by atoms with Gasteiger partial charge >= 0.3 is 6.18 Å². The van der Waals surface area contributed by atoms with Crippen LogP contribution in [0.5, 0.6) is 0 Å². The summed E-state index contributed by atoms with van der Waals surface area (Å²) in [5.74, 6) is -0.661. The number of aryl methyl sites for hydroxylation is 1. The fourth-order valence-electron chi connectivity index (χ4n) is 4.53. The number of halogens is 3. The van der Waals surface area contributed by atoms with Crippen molar-refractivity contribution in [3.8, 4) is 22.3 Å². The minimum absolute atomic E-state index is 0.0986. The molecule has 0 spiro atoms. The molecule has 0 unspecified atom stereocenters. The first-order valence-corrected chi connectivity index (χ1v) is 13.1. The average Bonchev–Trinajstić information content (AvgIpc) is 3.26. The van der Waals surface area contributed by atoms with Crippen molar-refractivity contribution in [2.45, 2.75) is 20.0 Å². The molecule has 2 amide bonds. The lowest BCUT2D eigenvalue weighted by Crippen LogP contribution is -2.17. The summed E-state index contributed by atoms with van der Waals surface area (Å²) in [6, 6.07) is 26.8. The summed E-state index contributed by atoms with van der Waals surface area (Å²) in [6.07, 6.45) is -4.46. The van der Waals surface area contributed by atoms with E-state index in [9.17, 15) is 22.8 Å². The zero-order valence-corrected chi connectivity index (χ0v) is 23.1. The molecule has 1 heterocycles. The van der Waals surface area contributed by atoms with Crippen LogP contribution in [0.4, 0.5) is 24.7 Å². The van der Waals surface area contributed by atoms with Crippen LogP contribution in [0.2, 0.25) is 0 Å². The second-order valence-electron chi connectivity index (χ2n) is 9.90. The zero-order chi connectivity index (χ0) is 30.0. The Morgan fingerprint density at radius 2 is 1.29 bits per heavy atom. The smallest absolute Gasteiger partial charge is 0.325 e. The third kappa shape index (κ3) is 5.95. The van der Waals surface area contributed by atoms with E-state index in [1.807, 2.05) is 55.5 Å². The molecule has 2 N–H and O–H groups in total. The molecule has 0 saturated carbocycles. The number of aromatic nitrogens is 2. The minimum Gasteiger partial charge on any atom is -0.325 e. The Bertz CT molecular complexity index is 1760. The highest BCUT2D eigenvalue weighted by Crippen LogP contribution is 2.32. The minimum atomic E-state index is -4.46. The molecular formula is C33H27F3N4O2. The molecule has 0 aliphatic heterocycles. The number of nitrogens with zero attached hydrogens (tertiary/aromatic N) is 2. The number of carbonyl (C=O) groups is 2. The summed E-state index contributed by atoms with van der Waals surface area (Å²) >= 11 is 0. The summed E-state index contributed by atoms with van der Waals surface area (Å²) in [5, 5.41) is 5.59. The SMILES string of the molecule is Cc1ccc(-c2ccc(NC(=O)c3nc(NC(=O)c4ccccc4-c4ccc(C(F)(F)F)cc4)c(C)n3C)cc2)cc1. The van der Waals surface area contributed by atoms with Gasteiger partial charge in [0.1, 0.15) is 0 Å². The monoisotopic (exact) mass is 568 g/mol. The average molecular weight is 569 g/mol. The Balaban J connectivity index is 1.32. The number of alkyl halides is 3. The Morgan fingerprint density at radius 3 is 1.90 bits per heavy atom. The Labute approximate surface area is 240 Å². The van der Waals surface area contributed by atoms with E-state index in [1.54, 1.807) is 42.8 Å². The molecule has 1 aromatic heterocycles. The lowest BCUT2D eigenvalue weighted by atomic mass is 9.98. The van der Waals surface area contributed by atoms with E-state index in [-0.39, 0.29) is 17.2 Å². The maximum atomic E-state index is 13.3. The summed E-state index contributed by atoms with van der Waals surface area (Å²) < 4.78 is 40.6. The van der Waals surface area contributed by atoms with Crippen molar-refractivity contribution in [1.82, 2.24) is 9.55 Å². The Kier molecular flexibility index (Phi) is 7.67. The van der Waals surface area contributed by atoms with Crippen LogP contribution in [-0.4, -0.2) is 21.4 Å². The molecule has 0 saturated heterocycles. The molecule has 6 nitrogen and oxygen atoms in total. The van der Waals surface area contributed by atoms with Gasteiger partial charge in [0.2, 0.25) is 5.82 Å². The molecule has 5 aromatic rings. The highest BCUT2D eigenvalue weighted by Gasteiger charge is 2.30. The number of nitrogens with one attached hydrogen (secondary N) is 2. The van der Waals surface area contributed by atoms with Gasteiger partial charge in [0.15, 0.2) is 5.82 Å². The van der Waals surface area contributed by atoms with Crippen molar-refractivity contribution in [2.24, 2.45) is 7.05 Å². The molecule has 0 aliphatic rings. The van der Waals surface area contributed by atoms with E-state index in [4.69, 9.17) is 0 Å². The maximum Gasteiger partial charge on any atom is 0.416 e. The van der Waals surface area contributed by atoms with Gasteiger partial charge in [0.05, 0.1) is 11.3 Å². The molecular weight excluding hydrogens is 541 g/mol. The van der Waals surface area contributed by atoms with Gasteiger partial charge in [-0.1, -0.05) is 72.3 Å². The van der Waals surface area contributed by atoms with E-state index in [0.717, 1.165) is 23.3 Å². The molecule has 9 heteroatoms. The van der Waals surface area contributed by atoms with Gasteiger partial charge < -0.3 is 15.2 Å². The van der Waals surface area contributed by atoms with E-state index in [2.05, 4.69) is 15.6 Å². The van der Waals surface area contributed by atoms with Crippen molar-refractivity contribution < 1.29 is 22.8 Å². The van der Waals surface area contributed by atoms with Crippen molar-refractivity contribution >= 4 is 23.3 Å². The second kappa shape index (κ2) is 11.4. The van der Waals surface area contributed by atoms with Gasteiger partial charge in [-0.2, -0.15) is 13.2 Å². The van der Waals surface area contributed by atoms with E-state index in [0.29, 0.717) is 22.5 Å². The largest absolute Gasteiger partial charge is 0.416 e. The fourth-order valence-corrected chi connectivity index (χ4v) is 4.53. The Morgan fingerprint density at radius 1 is 0.714 bits per heavy atom. The number of hydrogen-bond acceptors (Lipinski definition) is 3. The molecule has 212 valence electrons. The maximum absolute atomic E-state index is 13.3. The summed E-state index contributed by atoms with van der Waals surface area (Å²) in [6.45, 7) is 3.75. The second-order valence-corrected chi connectivity index (χ2v) is 9.90. The summed E-state index contributed by atoms with van der Waals surface area (Å²) in [5.41, 5.74) is 4.80. The number of amides is 2. The van der Waals surface area contributed by atoms with Crippen LogP contribution in [0, 0.1) is 13.8 Å². The standard InChI is InChI=1S/C33H27F3N4O2/c1-20-8-10-22(11-9-20)23-14-18-26(19-15-23)37-32(42)30-38-29(21(2)40(30)3)39-31(41)28-7-5-4-6-27(28)24-12-16-25(17-13-24)33(34,35)36/h4-19H,1-3H3,(H,37,42)(H,39,41). The van der Waals surface area contributed by atoms with Crippen molar-refractivity contribution in [1.29, 1.82) is 0 Å². The number of hydrogen-bond donors (Lipinski definition) is 2. The molecule has 5 rings (SSSR count). The van der Waals surface area contributed by atoms with Crippen LogP contribution in [0.25, 0.3) is 22.3 Å². The number of benzene rings is 4. The summed E-state index contributed by atoms with van der Waals surface area (Å²) in [7, 11) is 1.67. The van der Waals surface area contributed by atoms with Crippen molar-refractivity contribution in [3.05, 3.63) is 125 Å². The highest BCUT2D eigenvalue weighted by atomic mass is 19.4. The molecule has 4 aromatic carbocycles. The first kappa shape index (κ1) is 28.4. The number of carbonyl (C=O) groups excluding carboxylic acids is 2. The number of rotatable bonds is 6. The Hall–Kier alpha value is -5.18. The first-order valence-electron chi connectivity index (χ1n) is 13.1. The normalized spacial score (nSPS) is 11.3. The third-order valence-corrected chi connectivity index (χ3v) is 7.04. The van der Waals surface area contributed by atoms with Crippen LogP contribution >= 0.6 is 0 Å². The first-order chi connectivity index (χ1) is 20.0. The number of imidazole rings is 1. The van der Waals surface area contributed by atoms with Crippen molar-refractivity contribution in [3.63, 3.8) is 0 Å². The quantitative estimate of drug-likeness (QED) is 0.219. The fraction of sp³-hybridized carbons (Fsp3) is 0.121. The van der Waals surface area contributed by atoms with E-state index in [1.165, 1.54) is 17.7 Å². The third-order valence-electron chi connectivity index (χ3n) is 7.04. The van der Waals surface area contributed by atoms with Gasteiger partial charge in [-0.15, -0.1) is 0 Å². The van der Waals surface area contributed by atoms with Gasteiger partial charge in [0, 0.05) is 18.3 Å². The predicted molar refractivity (Wildman–Crippen MR) is 157 cm³/mol. The van der Waals surface area contributed by atoms with Gasteiger partial charge in [-0.05, 0) is 66.4 Å². The van der Waals surface area contributed by atoms with Gasteiger partial charge in [-0.25, -0.2) is 4.98 Å². The summed E-state index contributed by atoms with van der Waals surface area (Å²) in [4.78, 5) is 30.8. The lowest BCUT2D eigenvalue weighted by molar-refractivity contribution is -0.137. The molecule has 0 radical (unpaired) electrons. The lowest BCUT2D eigenvalue weighted by Gasteiger charge is -2.11. The topological polar surface area (TPSA) is 76.0 Å².